The van der Waals surface area contributed by atoms with Gasteiger partial charge in [0, 0.05) is 148 Å². The van der Waals surface area contributed by atoms with Crippen LogP contribution in [0.1, 0.15) is 77.5 Å². The van der Waals surface area contributed by atoms with Crippen LogP contribution in [0.4, 0.5) is 0 Å². The lowest BCUT2D eigenvalue weighted by atomic mass is 9.84. The molecule has 0 unspecified atom stereocenters. The second-order valence-electron chi connectivity index (χ2n) is 9.29. The molecule has 58 heavy (non-hydrogen) atoms. The van der Waals surface area contributed by atoms with Gasteiger partial charge in [-0.3, -0.25) is 14.5 Å². The summed E-state index contributed by atoms with van der Waals surface area (Å²) in [5.41, 5.74) is 76.5. The molecule has 1 aliphatic carbocycles. The van der Waals surface area contributed by atoms with Crippen molar-refractivity contribution < 1.29 is 84.8 Å². The number of fused-ring (bicyclic) bond motifs is 2. The molecular weight excluding hydrogens is 729 g/mol. The number of hydrogen-bond donors (Lipinski definition) is 2. The van der Waals surface area contributed by atoms with Crippen LogP contribution in [0.25, 0.3) is 0 Å². The average Bonchev–Trinajstić information content (AvgIpc) is 3.22. The SMILES string of the molecule is C=C=C=C=C=C=C=C=C=C=C=C=C=C=C=C=C=C=C=C=C=C=C=C=C=C=C=C=C=C=C=C=C=C(C(=O)OO)C(=O)Oc1ccc2c(c1)C(=O)c1ccc(O)cc1C2=O.[HH].[HH].[HH].[HH].[HH].[HH].[HH].[HH].[HH].[HH].[HH].[HH].[HH].[HH].[HH].[HH].[HH].[HH].[HH].[HH].[HH].[HH].[HH].[HH].[HH].[HH].[HH].[HH].[HH].[HH].[HH].[HH]. The molecule has 2 aromatic carbocycles. The number of aromatic hydroxyl groups is 1. The van der Waals surface area contributed by atoms with Crippen molar-refractivity contribution in [2.45, 2.75) is 0 Å². The molecule has 0 spiro atoms. The molecule has 2 N–H and O–H groups in total. The number of esters is 1. The van der Waals surface area contributed by atoms with Gasteiger partial charge in [0.15, 0.2) is 17.1 Å². The monoisotopic (exact) mass is 803 g/mol. The van der Waals surface area contributed by atoms with Crippen LogP contribution in [-0.2, 0) is 14.5 Å². The predicted octanol–water partition coefficient (Wildman–Crippen LogP) is 14.5. The summed E-state index contributed by atoms with van der Waals surface area (Å²) in [7, 11) is 0. The van der Waals surface area contributed by atoms with Crippen molar-refractivity contribution in [3.8, 4) is 11.5 Å². The van der Waals surface area contributed by atoms with E-state index in [1.165, 1.54) is 30.3 Å². The lowest BCUT2D eigenvalue weighted by Crippen LogP contribution is -2.22. The Labute approximate surface area is 374 Å². The Morgan fingerprint density at radius 2 is 0.810 bits per heavy atom. The average molecular weight is 803 g/mol. The number of ether oxygens (including phenoxy) is 1. The van der Waals surface area contributed by atoms with Gasteiger partial charge in [0.25, 0.3) is 0 Å². The van der Waals surface area contributed by atoms with Crippen LogP contribution >= 0.6 is 0 Å². The first kappa shape index (κ1) is 41.6. The summed E-state index contributed by atoms with van der Waals surface area (Å²) in [6, 6.07) is 7.31. The maximum absolute atomic E-state index is 13.0. The van der Waals surface area contributed by atoms with Gasteiger partial charge in [-0.1, -0.05) is 5.73 Å². The summed E-state index contributed by atoms with van der Waals surface area (Å²) in [5, 5.41) is 18.5. The van der Waals surface area contributed by atoms with Crippen molar-refractivity contribution in [3.63, 3.8) is 0 Å². The van der Waals surface area contributed by atoms with E-state index in [-0.39, 0.29) is 79.4 Å². The molecule has 0 amide bonds. The van der Waals surface area contributed by atoms with E-state index in [1.54, 1.807) is 0 Å². The van der Waals surface area contributed by atoms with E-state index >= 15 is 0 Å². The molecule has 322 valence electrons. The Morgan fingerprint density at radius 3 is 1.19 bits per heavy atom. The highest BCUT2D eigenvalue weighted by molar-refractivity contribution is 6.28. The second-order valence-corrected chi connectivity index (χ2v) is 9.29. The maximum atomic E-state index is 13.0. The fourth-order valence-corrected chi connectivity index (χ4v) is 3.58. The Kier molecular flexibility index (Phi) is 17.5. The first-order valence-electron chi connectivity index (χ1n) is 15.2. The first-order valence-corrected chi connectivity index (χ1v) is 15.2. The van der Waals surface area contributed by atoms with Crippen molar-refractivity contribution in [1.82, 2.24) is 0 Å². The van der Waals surface area contributed by atoms with Gasteiger partial charge in [0.2, 0.25) is 0 Å². The van der Waals surface area contributed by atoms with E-state index in [1.807, 2.05) is 0 Å². The van der Waals surface area contributed by atoms with Gasteiger partial charge in [0.05, 0.1) is 0 Å². The molecule has 0 aliphatic heterocycles. The summed E-state index contributed by atoms with van der Waals surface area (Å²) >= 11 is 0. The molecule has 2 aromatic rings. The van der Waals surface area contributed by atoms with Crippen LogP contribution < -0.4 is 4.74 Å². The Balaban J connectivity index is -0.0000000402. The highest BCUT2D eigenvalue weighted by Crippen LogP contribution is 2.31. The quantitative estimate of drug-likeness (QED) is 0.0392. The maximum Gasteiger partial charge on any atom is 0.388 e. The lowest BCUT2D eigenvalue weighted by Gasteiger charge is -2.18. The van der Waals surface area contributed by atoms with Crippen molar-refractivity contribution in [3.05, 3.63) is 254 Å². The van der Waals surface area contributed by atoms with E-state index < -0.39 is 29.1 Å². The molecular formula is C50H74O8. The van der Waals surface area contributed by atoms with Gasteiger partial charge in [-0.05, 0) is 140 Å². The van der Waals surface area contributed by atoms with Crippen LogP contribution in [0.15, 0.2) is 232 Å². The Hall–Kier alpha value is -10.8. The van der Waals surface area contributed by atoms with Gasteiger partial charge >= 0.3 is 11.9 Å². The van der Waals surface area contributed by atoms with Crippen LogP contribution in [-0.4, -0.2) is 33.9 Å². The zero-order valence-corrected chi connectivity index (χ0v) is 29.0. The highest BCUT2D eigenvalue weighted by Gasteiger charge is 2.31. The third-order valence-corrected chi connectivity index (χ3v) is 5.76. The van der Waals surface area contributed by atoms with Crippen LogP contribution in [0.5, 0.6) is 11.5 Å². The molecule has 0 saturated heterocycles. The van der Waals surface area contributed by atoms with E-state index in [0.29, 0.717) is 0 Å². The fraction of sp³-hybridized carbons (Fsp3) is 0. The van der Waals surface area contributed by atoms with Crippen LogP contribution in [0, 0.1) is 0 Å². The van der Waals surface area contributed by atoms with Crippen LogP contribution in [0.3, 0.4) is 0 Å². The molecule has 3 rings (SSSR count). The molecule has 0 bridgehead atoms. The lowest BCUT2D eigenvalue weighted by molar-refractivity contribution is -0.229. The second kappa shape index (κ2) is 24.4. The van der Waals surface area contributed by atoms with Gasteiger partial charge in [-0.25, -0.2) is 9.59 Å². The topological polar surface area (TPSA) is 127 Å². The molecule has 8 heteroatoms. The minimum atomic E-state index is -1.54. The third-order valence-electron chi connectivity index (χ3n) is 5.76. The van der Waals surface area contributed by atoms with E-state index in [2.05, 4.69) is 195 Å². The molecule has 0 aromatic heterocycles. The standard InChI is InChI=1S/C50H10O8.32H2/c1-2-3-4-5-6-7-8-9-10-11-12-13-14-15-16-17-18-19-20-21-22-23-24-25-26-27-28-29-30-31-32-33-44(50(55)58-56)49(54)57-41-35-37-43-46(39-41)48(53)42-36-34-40(51)38-45(42)47(43)52;;;;;;;;;;;;;;;;;;;;;;;;;;;;;;;;/h34-39,51,56H,1H2;32*1H. The minimum absolute atomic E-state index is 0. The Bertz CT molecular complexity index is 3630. The molecule has 8 nitrogen and oxygen atoms in total. The first-order chi connectivity index (χ1) is 28.4. The molecule has 0 radical (unpaired) electrons. The number of hydrogen-bond acceptors (Lipinski definition) is 8. The summed E-state index contributed by atoms with van der Waals surface area (Å²) in [4.78, 5) is 54.0. The van der Waals surface area contributed by atoms with Gasteiger partial charge in [-0.15, -0.1) is 0 Å². The van der Waals surface area contributed by atoms with Gasteiger partial charge < -0.3 is 9.84 Å². The van der Waals surface area contributed by atoms with Gasteiger partial charge in [-0.2, -0.15) is 5.26 Å². The number of phenolic OH excluding ortho intramolecular Hbond substituents is 1. The van der Waals surface area contributed by atoms with Crippen LogP contribution in [0.2, 0.25) is 0 Å². The number of rotatable bonds is 3. The molecule has 0 heterocycles. The smallest absolute Gasteiger partial charge is 0.388 e. The summed E-state index contributed by atoms with van der Waals surface area (Å²) in [6.45, 7) is 3.31. The zero-order valence-electron chi connectivity index (χ0n) is 29.0. The van der Waals surface area contributed by atoms with Crippen molar-refractivity contribution in [1.29, 1.82) is 0 Å². The van der Waals surface area contributed by atoms with Crippen molar-refractivity contribution in [2.75, 3.05) is 0 Å². The van der Waals surface area contributed by atoms with Gasteiger partial charge in [0.1, 0.15) is 11.5 Å². The summed E-state index contributed by atoms with van der Waals surface area (Å²) in [6.07, 6.45) is 0. The molecule has 1 aliphatic rings. The molecule has 0 saturated carbocycles. The number of phenols is 1. The number of benzene rings is 2. The summed E-state index contributed by atoms with van der Waals surface area (Å²) < 4.78 is 5.13. The fourth-order valence-electron chi connectivity index (χ4n) is 3.58. The van der Waals surface area contributed by atoms with E-state index in [4.69, 9.17) is 9.99 Å². The largest absolute Gasteiger partial charge is 0.508 e. The number of carbonyl (C=O) groups excluding carboxylic acids is 4. The van der Waals surface area contributed by atoms with E-state index in [9.17, 15) is 24.3 Å². The Morgan fingerprint density at radius 1 is 0.466 bits per heavy atom. The van der Waals surface area contributed by atoms with Crippen molar-refractivity contribution >= 4 is 23.5 Å². The number of carbonyl (C=O) groups is 4. The normalized spacial score (nSPS) is 7.60. The van der Waals surface area contributed by atoms with Crippen molar-refractivity contribution in [2.24, 2.45) is 0 Å². The minimum Gasteiger partial charge on any atom is -0.508 e. The highest BCUT2D eigenvalue weighted by atomic mass is 17.1. The van der Waals surface area contributed by atoms with E-state index in [0.717, 1.165) is 6.07 Å². The third kappa shape index (κ3) is 14.4. The number of ketones is 2. The predicted molar refractivity (Wildman–Crippen MR) is 265 cm³/mol. The summed E-state index contributed by atoms with van der Waals surface area (Å²) in [5.74, 6) is -4.37. The molecule has 0 atom stereocenters. The molecule has 0 fully saturated rings. The zero-order chi connectivity index (χ0) is 41.6.